The van der Waals surface area contributed by atoms with Gasteiger partial charge in [0.2, 0.25) is 5.91 Å². The molecule has 0 unspecified atom stereocenters. The van der Waals surface area contributed by atoms with Gasteiger partial charge in [0.1, 0.15) is 5.75 Å². The summed E-state index contributed by atoms with van der Waals surface area (Å²) >= 11 is 0. The average molecular weight is 420 g/mol. The molecule has 0 heterocycles. The van der Waals surface area contributed by atoms with Crippen LogP contribution in [0.25, 0.3) is 11.1 Å². The van der Waals surface area contributed by atoms with Gasteiger partial charge in [0.05, 0.1) is 18.1 Å². The van der Waals surface area contributed by atoms with Crippen LogP contribution in [0.5, 0.6) is 5.75 Å². The highest BCUT2D eigenvalue weighted by Crippen LogP contribution is 2.49. The minimum absolute atomic E-state index is 0. The highest BCUT2D eigenvalue weighted by atomic mass is 16.5. The second kappa shape index (κ2) is 7.91. The lowest BCUT2D eigenvalue weighted by Gasteiger charge is -2.18. The number of carboxylic acids is 1. The summed E-state index contributed by atoms with van der Waals surface area (Å²) in [6.07, 6.45) is 1.62. The van der Waals surface area contributed by atoms with E-state index in [2.05, 4.69) is 5.32 Å². The van der Waals surface area contributed by atoms with Gasteiger partial charge >= 0.3 is 5.97 Å². The Morgan fingerprint density at radius 3 is 2.32 bits per heavy atom. The highest BCUT2D eigenvalue weighted by molar-refractivity contribution is 6.02. The predicted molar refractivity (Wildman–Crippen MR) is 125 cm³/mol. The number of rotatable bonds is 6. The normalized spacial score (nSPS) is 14.0. The monoisotopic (exact) mass is 419 g/mol. The van der Waals surface area contributed by atoms with Crippen LogP contribution in [0, 0.1) is 13.8 Å². The van der Waals surface area contributed by atoms with E-state index < -0.39 is 11.4 Å². The topological polar surface area (TPSA) is 75.6 Å². The first kappa shape index (κ1) is 20.7. The van der Waals surface area contributed by atoms with E-state index in [1.807, 2.05) is 62.4 Å². The Bertz CT molecular complexity index is 1170. The molecule has 0 aromatic heterocycles. The van der Waals surface area contributed by atoms with Crippen LogP contribution in [0.1, 0.15) is 42.7 Å². The number of carboxylic acid groups (broad SMARTS) is 1. The van der Waals surface area contributed by atoms with E-state index in [4.69, 9.17) is 4.74 Å². The molecule has 1 fully saturated rings. The summed E-state index contributed by atoms with van der Waals surface area (Å²) in [5.41, 5.74) is 4.95. The molecular weight excluding hydrogens is 390 g/mol. The molecule has 1 aliphatic carbocycles. The van der Waals surface area contributed by atoms with Gasteiger partial charge in [-0.3, -0.25) is 4.79 Å². The number of amides is 1. The lowest BCUT2D eigenvalue weighted by atomic mass is 9.92. The Labute approximate surface area is 184 Å². The molecule has 3 aromatic carbocycles. The average Bonchev–Trinajstić information content (AvgIpc) is 3.57. The molecular formula is C26H29NO4. The van der Waals surface area contributed by atoms with Crippen molar-refractivity contribution < 1.29 is 22.3 Å². The molecule has 1 aliphatic rings. The van der Waals surface area contributed by atoms with Gasteiger partial charge < -0.3 is 15.2 Å². The standard InChI is InChI=1S/C26H25NO4.2H2/c1-16-7-10-19(15-23(16)21-5-4-6-22(17(21)2)24(28)29)27-25(30)26(13-14-26)18-8-11-20(31-3)12-9-18;;/h4-12,15H,13-14H2,1-3H3,(H,27,30)(H,28,29);2*1H. The summed E-state index contributed by atoms with van der Waals surface area (Å²) < 4.78 is 5.22. The van der Waals surface area contributed by atoms with Crippen LogP contribution in [0.2, 0.25) is 0 Å². The van der Waals surface area contributed by atoms with Gasteiger partial charge in [-0.2, -0.15) is 0 Å². The molecule has 1 amide bonds. The number of methoxy groups -OCH3 is 1. The number of anilines is 1. The van der Waals surface area contributed by atoms with Gasteiger partial charge in [0.25, 0.3) is 0 Å². The highest BCUT2D eigenvalue weighted by Gasteiger charge is 2.51. The lowest BCUT2D eigenvalue weighted by Crippen LogP contribution is -2.27. The molecule has 0 aliphatic heterocycles. The van der Waals surface area contributed by atoms with Crippen molar-refractivity contribution >= 4 is 17.6 Å². The van der Waals surface area contributed by atoms with Gasteiger partial charge in [0.15, 0.2) is 0 Å². The number of aryl methyl sites for hydroxylation is 1. The van der Waals surface area contributed by atoms with Crippen LogP contribution in [-0.2, 0) is 10.2 Å². The van der Waals surface area contributed by atoms with Crippen LogP contribution in [0.4, 0.5) is 5.69 Å². The van der Waals surface area contributed by atoms with Crippen molar-refractivity contribution in [2.24, 2.45) is 0 Å². The first-order valence-corrected chi connectivity index (χ1v) is 10.3. The molecule has 31 heavy (non-hydrogen) atoms. The first-order chi connectivity index (χ1) is 14.9. The summed E-state index contributed by atoms with van der Waals surface area (Å²) in [6.45, 7) is 3.79. The maximum absolute atomic E-state index is 13.2. The fourth-order valence-electron chi connectivity index (χ4n) is 4.08. The predicted octanol–water partition coefficient (Wildman–Crippen LogP) is 5.84. The summed E-state index contributed by atoms with van der Waals surface area (Å²) in [7, 11) is 1.62. The van der Waals surface area contributed by atoms with E-state index in [-0.39, 0.29) is 14.3 Å². The minimum Gasteiger partial charge on any atom is -0.497 e. The second-order valence-corrected chi connectivity index (χ2v) is 8.08. The van der Waals surface area contributed by atoms with Crippen molar-refractivity contribution in [2.45, 2.75) is 32.1 Å². The Balaban J connectivity index is 0.00000193. The fourth-order valence-corrected chi connectivity index (χ4v) is 4.08. The second-order valence-electron chi connectivity index (χ2n) is 8.08. The number of hydrogen-bond acceptors (Lipinski definition) is 3. The number of ether oxygens (including phenoxy) is 1. The zero-order valence-electron chi connectivity index (χ0n) is 17.9. The van der Waals surface area contributed by atoms with E-state index in [1.165, 1.54) is 0 Å². The third kappa shape index (κ3) is 3.79. The molecule has 2 N–H and O–H groups in total. The van der Waals surface area contributed by atoms with E-state index >= 15 is 0 Å². The summed E-state index contributed by atoms with van der Waals surface area (Å²) in [5.74, 6) is -0.206. The maximum atomic E-state index is 13.2. The van der Waals surface area contributed by atoms with Crippen LogP contribution in [0.3, 0.4) is 0 Å². The number of aromatic carboxylic acids is 1. The van der Waals surface area contributed by atoms with Gasteiger partial charge in [-0.1, -0.05) is 30.3 Å². The third-order valence-corrected chi connectivity index (χ3v) is 6.18. The molecule has 0 radical (unpaired) electrons. The summed E-state index contributed by atoms with van der Waals surface area (Å²) in [4.78, 5) is 24.7. The molecule has 5 nitrogen and oxygen atoms in total. The molecule has 0 bridgehead atoms. The molecule has 0 atom stereocenters. The Morgan fingerprint density at radius 1 is 1.00 bits per heavy atom. The van der Waals surface area contributed by atoms with Crippen LogP contribution >= 0.6 is 0 Å². The quantitative estimate of drug-likeness (QED) is 0.526. The lowest BCUT2D eigenvalue weighted by molar-refractivity contribution is -0.118. The molecule has 5 heteroatoms. The fraction of sp³-hybridized carbons (Fsp3) is 0.231. The Kier molecular flexibility index (Phi) is 5.27. The van der Waals surface area contributed by atoms with E-state index in [1.54, 1.807) is 19.2 Å². The van der Waals surface area contributed by atoms with E-state index in [0.29, 0.717) is 11.3 Å². The zero-order chi connectivity index (χ0) is 22.2. The zero-order valence-corrected chi connectivity index (χ0v) is 17.9. The van der Waals surface area contributed by atoms with Crippen LogP contribution in [0.15, 0.2) is 60.7 Å². The number of carbonyl (C=O) groups is 2. The minimum atomic E-state index is -0.948. The third-order valence-electron chi connectivity index (χ3n) is 6.18. The number of carbonyl (C=O) groups excluding carboxylic acids is 1. The van der Waals surface area contributed by atoms with Crippen LogP contribution < -0.4 is 10.1 Å². The van der Waals surface area contributed by atoms with Crippen molar-refractivity contribution in [3.8, 4) is 16.9 Å². The maximum Gasteiger partial charge on any atom is 0.335 e. The summed E-state index contributed by atoms with van der Waals surface area (Å²) in [6, 6.07) is 18.7. The van der Waals surface area contributed by atoms with Gasteiger partial charge in [0, 0.05) is 8.54 Å². The first-order valence-electron chi connectivity index (χ1n) is 10.3. The molecule has 162 valence electrons. The molecule has 4 rings (SSSR count). The number of nitrogens with one attached hydrogen (secondary N) is 1. The van der Waals surface area contributed by atoms with Crippen molar-refractivity contribution in [1.82, 2.24) is 0 Å². The smallest absolute Gasteiger partial charge is 0.335 e. The SMILES string of the molecule is COc1ccc(C2(C(=O)Nc3ccc(C)c(-c4cccc(C(=O)O)c4C)c3)CC2)cc1.[HH].[HH]. The molecule has 1 saturated carbocycles. The Hall–Kier alpha value is -3.60. The van der Waals surface area contributed by atoms with Crippen molar-refractivity contribution in [1.29, 1.82) is 0 Å². The van der Waals surface area contributed by atoms with Gasteiger partial charge in [-0.15, -0.1) is 0 Å². The largest absolute Gasteiger partial charge is 0.497 e. The van der Waals surface area contributed by atoms with Crippen molar-refractivity contribution in [2.75, 3.05) is 12.4 Å². The Morgan fingerprint density at radius 2 is 1.71 bits per heavy atom. The van der Waals surface area contributed by atoms with Gasteiger partial charge in [-0.25, -0.2) is 4.79 Å². The molecule has 0 spiro atoms. The van der Waals surface area contributed by atoms with E-state index in [0.717, 1.165) is 40.8 Å². The number of hydrogen-bond donors (Lipinski definition) is 2. The van der Waals surface area contributed by atoms with E-state index in [9.17, 15) is 14.7 Å². The van der Waals surface area contributed by atoms with Crippen LogP contribution in [-0.4, -0.2) is 24.1 Å². The molecule has 0 saturated heterocycles. The van der Waals surface area contributed by atoms with Crippen molar-refractivity contribution in [3.63, 3.8) is 0 Å². The number of benzene rings is 3. The summed E-state index contributed by atoms with van der Waals surface area (Å²) in [5, 5.41) is 12.5. The van der Waals surface area contributed by atoms with Gasteiger partial charge in [-0.05, 0) is 84.8 Å². The molecule has 3 aromatic rings. The van der Waals surface area contributed by atoms with Crippen molar-refractivity contribution in [3.05, 3.63) is 82.9 Å².